The smallest absolute Gasteiger partial charge is 0.329 e. The van der Waals surface area contributed by atoms with Crippen molar-refractivity contribution >= 4 is 5.97 Å². The molecule has 1 unspecified atom stereocenters. The highest BCUT2D eigenvalue weighted by Gasteiger charge is 2.42. The minimum atomic E-state index is -0.925. The van der Waals surface area contributed by atoms with Crippen LogP contribution in [0, 0.1) is 0 Å². The lowest BCUT2D eigenvalue weighted by molar-refractivity contribution is -0.169. The first kappa shape index (κ1) is 14.8. The van der Waals surface area contributed by atoms with Gasteiger partial charge < -0.3 is 14.6 Å². The summed E-state index contributed by atoms with van der Waals surface area (Å²) in [5.41, 5.74) is 0.829. The second-order valence-corrected chi connectivity index (χ2v) is 5.49. The molecule has 0 aliphatic carbocycles. The van der Waals surface area contributed by atoms with Crippen molar-refractivity contribution in [2.45, 2.75) is 25.5 Å². The first-order chi connectivity index (χ1) is 9.43. The molecule has 0 spiro atoms. The third-order valence-electron chi connectivity index (χ3n) is 3.74. The molecule has 20 heavy (non-hydrogen) atoms. The molecule has 1 N–H and O–H groups in total. The lowest BCUT2D eigenvalue weighted by atomic mass is 9.92. The van der Waals surface area contributed by atoms with Gasteiger partial charge in [-0.2, -0.15) is 0 Å². The third kappa shape index (κ3) is 3.29. The van der Waals surface area contributed by atoms with E-state index in [1.807, 2.05) is 25.1 Å². The van der Waals surface area contributed by atoms with E-state index in [2.05, 4.69) is 17.9 Å². The fourth-order valence-corrected chi connectivity index (χ4v) is 2.53. The summed E-state index contributed by atoms with van der Waals surface area (Å²) < 4.78 is 10.7. The molecule has 5 nitrogen and oxygen atoms in total. The maximum atomic E-state index is 10.5. The van der Waals surface area contributed by atoms with Crippen molar-refractivity contribution in [1.29, 1.82) is 0 Å². The van der Waals surface area contributed by atoms with E-state index in [1.54, 1.807) is 7.11 Å². The van der Waals surface area contributed by atoms with Gasteiger partial charge in [-0.1, -0.05) is 12.1 Å². The molecule has 1 atom stereocenters. The van der Waals surface area contributed by atoms with Crippen molar-refractivity contribution in [3.8, 4) is 5.75 Å². The number of ether oxygens (including phenoxy) is 2. The molecule has 1 saturated heterocycles. The number of methoxy groups -OCH3 is 1. The monoisotopic (exact) mass is 279 g/mol. The Hall–Kier alpha value is -1.59. The Balaban J connectivity index is 1.92. The van der Waals surface area contributed by atoms with E-state index >= 15 is 0 Å². The van der Waals surface area contributed by atoms with Crippen molar-refractivity contribution in [2.24, 2.45) is 0 Å². The number of carbonyl (C=O) groups is 1. The average Bonchev–Trinajstić information content (AvgIpc) is 2.41. The zero-order valence-corrected chi connectivity index (χ0v) is 12.1. The molecule has 1 heterocycles. The third-order valence-corrected chi connectivity index (χ3v) is 3.74. The van der Waals surface area contributed by atoms with Crippen LogP contribution in [0.3, 0.4) is 0 Å². The Morgan fingerprint density at radius 2 is 2.20 bits per heavy atom. The van der Waals surface area contributed by atoms with Crippen LogP contribution in [0.2, 0.25) is 0 Å². The Kier molecular flexibility index (Phi) is 4.30. The molecule has 1 aliphatic rings. The average molecular weight is 279 g/mol. The van der Waals surface area contributed by atoms with Crippen molar-refractivity contribution in [2.75, 3.05) is 26.8 Å². The van der Waals surface area contributed by atoms with E-state index in [1.165, 1.54) is 5.56 Å². The first-order valence-corrected chi connectivity index (χ1v) is 6.67. The fourth-order valence-electron chi connectivity index (χ4n) is 2.53. The largest absolute Gasteiger partial charge is 0.497 e. The van der Waals surface area contributed by atoms with E-state index in [9.17, 15) is 4.79 Å². The predicted octanol–water partition coefficient (Wildman–Crippen LogP) is 1.93. The number of rotatable bonds is 6. The van der Waals surface area contributed by atoms with E-state index < -0.39 is 5.97 Å². The van der Waals surface area contributed by atoms with Gasteiger partial charge in [-0.15, -0.1) is 0 Å². The summed E-state index contributed by atoms with van der Waals surface area (Å²) >= 11 is 0. The molecular formula is C15H21NO4. The van der Waals surface area contributed by atoms with Crippen LogP contribution in [-0.2, 0) is 9.53 Å². The number of carboxylic acid groups (broad SMARTS) is 1. The number of likely N-dealkylation sites (tertiary alicyclic amines) is 1. The molecule has 0 saturated carbocycles. The minimum Gasteiger partial charge on any atom is -0.497 e. The standard InChI is InChI=1S/C15H21NO4/c1-11(12-5-4-6-13(7-12)19-3)16-9-15(2,10-16)20-8-14(17)18/h4-7,11H,8-10H2,1-3H3,(H,17,18). The van der Waals surface area contributed by atoms with Gasteiger partial charge in [0.1, 0.15) is 12.4 Å². The van der Waals surface area contributed by atoms with Gasteiger partial charge in [0.2, 0.25) is 0 Å². The van der Waals surface area contributed by atoms with Crippen LogP contribution < -0.4 is 4.74 Å². The van der Waals surface area contributed by atoms with E-state index in [4.69, 9.17) is 14.6 Å². The molecule has 1 aliphatic heterocycles. The molecule has 0 amide bonds. The maximum absolute atomic E-state index is 10.5. The zero-order valence-electron chi connectivity index (χ0n) is 12.1. The molecular weight excluding hydrogens is 258 g/mol. The molecule has 1 fully saturated rings. The highest BCUT2D eigenvalue weighted by atomic mass is 16.5. The fraction of sp³-hybridized carbons (Fsp3) is 0.533. The SMILES string of the molecule is COc1cccc(C(C)N2CC(C)(OCC(=O)O)C2)c1. The van der Waals surface area contributed by atoms with Gasteiger partial charge in [-0.3, -0.25) is 4.90 Å². The van der Waals surface area contributed by atoms with Crippen molar-refractivity contribution in [3.63, 3.8) is 0 Å². The summed E-state index contributed by atoms with van der Waals surface area (Å²) in [4.78, 5) is 12.8. The number of aliphatic carboxylic acids is 1. The Morgan fingerprint density at radius 3 is 2.80 bits per heavy atom. The summed E-state index contributed by atoms with van der Waals surface area (Å²) in [6.45, 7) is 5.31. The summed E-state index contributed by atoms with van der Waals surface area (Å²) in [6, 6.07) is 8.25. The van der Waals surface area contributed by atoms with Crippen molar-refractivity contribution in [3.05, 3.63) is 29.8 Å². The van der Waals surface area contributed by atoms with Crippen LogP contribution in [0.1, 0.15) is 25.5 Å². The number of hydrogen-bond donors (Lipinski definition) is 1. The van der Waals surface area contributed by atoms with E-state index in [-0.39, 0.29) is 18.2 Å². The molecule has 0 bridgehead atoms. The van der Waals surface area contributed by atoms with E-state index in [0.717, 1.165) is 18.8 Å². The van der Waals surface area contributed by atoms with Crippen LogP contribution in [0.15, 0.2) is 24.3 Å². The van der Waals surface area contributed by atoms with Gasteiger partial charge in [0.15, 0.2) is 0 Å². The molecule has 1 aromatic carbocycles. The maximum Gasteiger partial charge on any atom is 0.329 e. The number of nitrogens with zero attached hydrogens (tertiary/aromatic N) is 1. The lowest BCUT2D eigenvalue weighted by Gasteiger charge is -2.50. The number of benzene rings is 1. The van der Waals surface area contributed by atoms with Crippen LogP contribution in [0.4, 0.5) is 0 Å². The van der Waals surface area contributed by atoms with Crippen LogP contribution in [0.5, 0.6) is 5.75 Å². The number of carboxylic acids is 1. The quantitative estimate of drug-likeness (QED) is 0.862. The van der Waals surface area contributed by atoms with Crippen molar-refractivity contribution < 1.29 is 19.4 Å². The van der Waals surface area contributed by atoms with Crippen LogP contribution in [-0.4, -0.2) is 48.4 Å². The van der Waals surface area contributed by atoms with Gasteiger partial charge in [-0.25, -0.2) is 4.79 Å². The van der Waals surface area contributed by atoms with Crippen LogP contribution in [0.25, 0.3) is 0 Å². The molecule has 0 aromatic heterocycles. The summed E-state index contributed by atoms with van der Waals surface area (Å²) in [5, 5.41) is 8.65. The van der Waals surface area contributed by atoms with Gasteiger partial charge in [0.05, 0.1) is 12.7 Å². The Morgan fingerprint density at radius 1 is 1.50 bits per heavy atom. The second-order valence-electron chi connectivity index (χ2n) is 5.49. The summed E-state index contributed by atoms with van der Waals surface area (Å²) in [7, 11) is 1.66. The van der Waals surface area contributed by atoms with Gasteiger partial charge in [0.25, 0.3) is 0 Å². The second kappa shape index (κ2) is 5.81. The van der Waals surface area contributed by atoms with Gasteiger partial charge in [-0.05, 0) is 31.5 Å². The van der Waals surface area contributed by atoms with E-state index in [0.29, 0.717) is 0 Å². The summed E-state index contributed by atoms with van der Waals surface area (Å²) in [5.74, 6) is -0.0784. The van der Waals surface area contributed by atoms with Gasteiger partial charge in [0, 0.05) is 19.1 Å². The minimum absolute atomic E-state index is 0.238. The molecule has 1 aromatic rings. The van der Waals surface area contributed by atoms with Gasteiger partial charge >= 0.3 is 5.97 Å². The highest BCUT2D eigenvalue weighted by Crippen LogP contribution is 2.33. The normalized spacial score (nSPS) is 19.1. The highest BCUT2D eigenvalue weighted by molar-refractivity contribution is 5.68. The molecule has 110 valence electrons. The topological polar surface area (TPSA) is 59.0 Å². The summed E-state index contributed by atoms with van der Waals surface area (Å²) in [6.07, 6.45) is 0. The first-order valence-electron chi connectivity index (χ1n) is 6.67. The zero-order chi connectivity index (χ0) is 14.8. The molecule has 0 radical (unpaired) electrons. The van der Waals surface area contributed by atoms with Crippen LogP contribution >= 0.6 is 0 Å². The number of hydrogen-bond acceptors (Lipinski definition) is 4. The molecule has 5 heteroatoms. The molecule has 2 rings (SSSR count). The lowest BCUT2D eigenvalue weighted by Crippen LogP contribution is -2.62. The Labute approximate surface area is 119 Å². The van der Waals surface area contributed by atoms with Crippen molar-refractivity contribution in [1.82, 2.24) is 4.90 Å². The predicted molar refractivity (Wildman–Crippen MR) is 75.0 cm³/mol. The Bertz CT molecular complexity index is 483.